The molecule has 1 aromatic rings. The van der Waals surface area contributed by atoms with Crippen LogP contribution in [0.2, 0.25) is 0 Å². The molecule has 2 rings (SSSR count). The van der Waals surface area contributed by atoms with Gasteiger partial charge in [-0.1, -0.05) is 24.0 Å². The second-order valence-corrected chi connectivity index (χ2v) is 5.63. The van der Waals surface area contributed by atoms with Crippen LogP contribution in [0.4, 0.5) is 0 Å². The van der Waals surface area contributed by atoms with E-state index in [1.807, 2.05) is 12.1 Å². The fraction of sp³-hybridized carbons (Fsp3) is 0.529. The number of hydrogen-bond donors (Lipinski definition) is 1. The number of hydrogen-bond acceptors (Lipinski definition) is 3. The summed E-state index contributed by atoms with van der Waals surface area (Å²) in [5.74, 6) is 5.58. The molecule has 0 bridgehead atoms. The Morgan fingerprint density at radius 2 is 2.10 bits per heavy atom. The van der Waals surface area contributed by atoms with Crippen molar-refractivity contribution in [2.24, 2.45) is 0 Å². The van der Waals surface area contributed by atoms with E-state index in [4.69, 9.17) is 9.84 Å². The number of benzene rings is 1. The van der Waals surface area contributed by atoms with Gasteiger partial charge in [-0.25, -0.2) is 0 Å². The van der Waals surface area contributed by atoms with Crippen LogP contribution < -0.4 is 0 Å². The van der Waals surface area contributed by atoms with Crippen molar-refractivity contribution in [2.45, 2.75) is 31.9 Å². The third-order valence-corrected chi connectivity index (χ3v) is 3.90. The van der Waals surface area contributed by atoms with Gasteiger partial charge in [0.15, 0.2) is 0 Å². The summed E-state index contributed by atoms with van der Waals surface area (Å²) >= 11 is 0. The first-order chi connectivity index (χ1) is 9.65. The van der Waals surface area contributed by atoms with E-state index in [0.29, 0.717) is 0 Å². The van der Waals surface area contributed by atoms with Gasteiger partial charge in [0, 0.05) is 25.8 Å². The highest BCUT2D eigenvalue weighted by atomic mass is 16.5. The van der Waals surface area contributed by atoms with Crippen LogP contribution in [0.15, 0.2) is 24.3 Å². The molecule has 1 aromatic carbocycles. The van der Waals surface area contributed by atoms with Gasteiger partial charge in [-0.15, -0.1) is 0 Å². The van der Waals surface area contributed by atoms with Crippen molar-refractivity contribution in [3.8, 4) is 11.8 Å². The normalized spacial score (nSPS) is 23.1. The summed E-state index contributed by atoms with van der Waals surface area (Å²) in [6, 6.07) is 8.25. The third-order valence-electron chi connectivity index (χ3n) is 3.90. The zero-order chi connectivity index (χ0) is 14.4. The third kappa shape index (κ3) is 4.08. The monoisotopic (exact) mass is 273 g/mol. The highest BCUT2D eigenvalue weighted by Crippen LogP contribution is 2.24. The maximum absolute atomic E-state index is 8.68. The Kier molecular flexibility index (Phi) is 5.19. The molecular weight excluding hydrogens is 250 g/mol. The summed E-state index contributed by atoms with van der Waals surface area (Å²) in [5, 5.41) is 8.68. The van der Waals surface area contributed by atoms with E-state index in [1.165, 1.54) is 12.0 Å². The summed E-state index contributed by atoms with van der Waals surface area (Å²) in [6.07, 6.45) is 2.32. The Hall–Kier alpha value is -1.34. The Morgan fingerprint density at radius 3 is 2.75 bits per heavy atom. The van der Waals surface area contributed by atoms with Crippen LogP contribution in [0.5, 0.6) is 0 Å². The Labute approximate surface area is 121 Å². The molecule has 0 aliphatic carbocycles. The molecule has 1 heterocycles. The predicted molar refractivity (Wildman–Crippen MR) is 80.3 cm³/mol. The van der Waals surface area contributed by atoms with Gasteiger partial charge in [0.2, 0.25) is 0 Å². The predicted octanol–water partition coefficient (Wildman–Crippen LogP) is 2.03. The van der Waals surface area contributed by atoms with E-state index >= 15 is 0 Å². The molecule has 1 saturated heterocycles. The molecule has 0 aromatic heterocycles. The van der Waals surface area contributed by atoms with Crippen LogP contribution in [0, 0.1) is 11.8 Å². The molecule has 1 aliphatic rings. The fourth-order valence-electron chi connectivity index (χ4n) is 2.70. The molecule has 1 unspecified atom stereocenters. The number of nitrogens with zero attached hydrogens (tertiary/aromatic N) is 1. The molecule has 20 heavy (non-hydrogen) atoms. The van der Waals surface area contributed by atoms with Crippen molar-refractivity contribution in [1.29, 1.82) is 0 Å². The highest BCUT2D eigenvalue weighted by Gasteiger charge is 2.30. The lowest BCUT2D eigenvalue weighted by molar-refractivity contribution is -0.0527. The zero-order valence-corrected chi connectivity index (χ0v) is 12.4. The van der Waals surface area contributed by atoms with Crippen molar-refractivity contribution >= 4 is 0 Å². The lowest BCUT2D eigenvalue weighted by atomic mass is 9.94. The standard InChI is InChI=1S/C17H23NO2/c1-17(20-2)10-4-11-18(14-17)13-16-8-6-15(7-9-16)5-3-12-19/h6-9,19H,4,10-14H2,1-2H3. The number of aliphatic hydroxyl groups is 1. The van der Waals surface area contributed by atoms with Crippen molar-refractivity contribution in [2.75, 3.05) is 26.8 Å². The summed E-state index contributed by atoms with van der Waals surface area (Å²) in [6.45, 7) is 5.16. The number of ether oxygens (including phenoxy) is 1. The molecule has 3 nitrogen and oxygen atoms in total. The maximum Gasteiger partial charge on any atom is 0.104 e. The molecule has 1 fully saturated rings. The van der Waals surface area contributed by atoms with Crippen molar-refractivity contribution in [3.05, 3.63) is 35.4 Å². The first-order valence-corrected chi connectivity index (χ1v) is 7.11. The van der Waals surface area contributed by atoms with Crippen molar-refractivity contribution in [3.63, 3.8) is 0 Å². The van der Waals surface area contributed by atoms with Crippen LogP contribution in [0.1, 0.15) is 30.9 Å². The van der Waals surface area contributed by atoms with Crippen LogP contribution >= 0.6 is 0 Å². The lowest BCUT2D eigenvalue weighted by Crippen LogP contribution is -2.46. The SMILES string of the molecule is COC1(C)CCCN(Cc2ccc(C#CCO)cc2)C1. The zero-order valence-electron chi connectivity index (χ0n) is 12.4. The Balaban J connectivity index is 1.96. The van der Waals surface area contributed by atoms with Gasteiger partial charge in [0.1, 0.15) is 6.61 Å². The van der Waals surface area contributed by atoms with E-state index in [1.54, 1.807) is 7.11 Å². The summed E-state index contributed by atoms with van der Waals surface area (Å²) in [7, 11) is 1.80. The minimum atomic E-state index is -0.0921. The van der Waals surface area contributed by atoms with Crippen LogP contribution in [0.3, 0.4) is 0 Å². The molecule has 108 valence electrons. The number of rotatable bonds is 3. The van der Waals surface area contributed by atoms with Crippen LogP contribution in [0.25, 0.3) is 0 Å². The summed E-state index contributed by atoms with van der Waals surface area (Å²) in [5.41, 5.74) is 2.23. The summed E-state index contributed by atoms with van der Waals surface area (Å²) in [4.78, 5) is 2.45. The van der Waals surface area contributed by atoms with E-state index in [0.717, 1.165) is 31.6 Å². The molecule has 1 N–H and O–H groups in total. The molecule has 1 atom stereocenters. The van der Waals surface area contributed by atoms with Gasteiger partial charge < -0.3 is 9.84 Å². The van der Waals surface area contributed by atoms with Gasteiger partial charge >= 0.3 is 0 Å². The highest BCUT2D eigenvalue weighted by molar-refractivity contribution is 5.36. The van der Waals surface area contributed by atoms with E-state index in [-0.39, 0.29) is 12.2 Å². The molecule has 3 heteroatoms. The average Bonchev–Trinajstić information content (AvgIpc) is 2.47. The number of methoxy groups -OCH3 is 1. The average molecular weight is 273 g/mol. The topological polar surface area (TPSA) is 32.7 Å². The van der Waals surface area contributed by atoms with Crippen molar-refractivity contribution < 1.29 is 9.84 Å². The van der Waals surface area contributed by atoms with Crippen LogP contribution in [-0.2, 0) is 11.3 Å². The van der Waals surface area contributed by atoms with Gasteiger partial charge in [-0.3, -0.25) is 4.90 Å². The smallest absolute Gasteiger partial charge is 0.104 e. The van der Waals surface area contributed by atoms with Crippen molar-refractivity contribution in [1.82, 2.24) is 4.90 Å². The first-order valence-electron chi connectivity index (χ1n) is 7.11. The number of aliphatic hydroxyl groups excluding tert-OH is 1. The largest absolute Gasteiger partial charge is 0.384 e. The molecule has 0 amide bonds. The first kappa shape index (κ1) is 15.1. The number of likely N-dealkylation sites (tertiary alicyclic amines) is 1. The molecule has 0 radical (unpaired) electrons. The van der Waals surface area contributed by atoms with Gasteiger partial charge in [0.05, 0.1) is 5.60 Å². The fourth-order valence-corrected chi connectivity index (χ4v) is 2.70. The molecule has 0 spiro atoms. The molecular formula is C17H23NO2. The number of piperidine rings is 1. The lowest BCUT2D eigenvalue weighted by Gasteiger charge is -2.39. The quantitative estimate of drug-likeness (QED) is 0.855. The summed E-state index contributed by atoms with van der Waals surface area (Å²) < 4.78 is 5.63. The minimum Gasteiger partial charge on any atom is -0.384 e. The second-order valence-electron chi connectivity index (χ2n) is 5.63. The Morgan fingerprint density at radius 1 is 1.35 bits per heavy atom. The van der Waals surface area contributed by atoms with Crippen LogP contribution in [-0.4, -0.2) is 42.4 Å². The second kappa shape index (κ2) is 6.90. The Bertz CT molecular complexity index is 486. The molecule has 0 saturated carbocycles. The van der Waals surface area contributed by atoms with E-state index in [9.17, 15) is 0 Å². The van der Waals surface area contributed by atoms with Gasteiger partial charge in [0.25, 0.3) is 0 Å². The molecule has 1 aliphatic heterocycles. The van der Waals surface area contributed by atoms with Gasteiger partial charge in [-0.2, -0.15) is 0 Å². The van der Waals surface area contributed by atoms with E-state index in [2.05, 4.69) is 35.8 Å². The minimum absolute atomic E-state index is 0.00913. The van der Waals surface area contributed by atoms with Gasteiger partial charge in [-0.05, 0) is 44.0 Å². The maximum atomic E-state index is 8.68. The van der Waals surface area contributed by atoms with E-state index < -0.39 is 0 Å².